The van der Waals surface area contributed by atoms with Gasteiger partial charge in [0.05, 0.1) is 34.6 Å². The number of hydrogen-bond donors (Lipinski definition) is 1. The highest BCUT2D eigenvalue weighted by Crippen LogP contribution is 2.37. The highest BCUT2D eigenvalue weighted by atomic mass is 31.1. The second kappa shape index (κ2) is 9.49. The number of aliphatic hydroxyl groups is 1. The summed E-state index contributed by atoms with van der Waals surface area (Å²) in [5.41, 5.74) is -2.98. The van der Waals surface area contributed by atoms with Crippen molar-refractivity contribution in [2.45, 2.75) is 5.60 Å². The van der Waals surface area contributed by atoms with Crippen LogP contribution < -0.4 is 18.9 Å². The van der Waals surface area contributed by atoms with E-state index in [1.807, 2.05) is 0 Å². The van der Waals surface area contributed by atoms with Gasteiger partial charge in [-0.15, -0.1) is 0 Å². The van der Waals surface area contributed by atoms with Crippen LogP contribution in [0.4, 0.5) is 0 Å². The topological polar surface area (TPSA) is 108 Å². The number of carbonyl (C=O) groups excluding carboxylic acids is 2. The predicted octanol–water partition coefficient (Wildman–Crippen LogP) is 2.81. The molecule has 0 spiro atoms. The number of Topliss-reactive ketones (excluding diaryl/α,β-unsaturated/α-hetero) is 2. The summed E-state index contributed by atoms with van der Waals surface area (Å²) in [5.74, 6) is -1.67. The summed E-state index contributed by atoms with van der Waals surface area (Å²) < 4.78 is 32.2. The van der Waals surface area contributed by atoms with Gasteiger partial charge in [-0.25, -0.2) is 0 Å². The maximum atomic E-state index is 13.4. The molecular weight excluding hydrogens is 399 g/mol. The molecule has 0 saturated heterocycles. The van der Waals surface area contributed by atoms with E-state index in [4.69, 9.17) is 18.9 Å². The van der Waals surface area contributed by atoms with Crippen LogP contribution in [0.25, 0.3) is 0 Å². The van der Waals surface area contributed by atoms with Crippen LogP contribution in [0.1, 0.15) is 20.7 Å². The molecule has 9 heteroatoms. The average molecular weight is 420 g/mol. The van der Waals surface area contributed by atoms with Crippen molar-refractivity contribution < 1.29 is 38.2 Å². The Hall–Kier alpha value is -2.96. The van der Waals surface area contributed by atoms with Gasteiger partial charge < -0.3 is 24.1 Å². The summed E-state index contributed by atoms with van der Waals surface area (Å²) in [6, 6.07) is 9.12. The van der Waals surface area contributed by atoms with Crippen molar-refractivity contribution in [1.82, 2.24) is 0 Å². The fourth-order valence-electron chi connectivity index (χ4n) is 2.90. The smallest absolute Gasteiger partial charge is 0.210 e. The average Bonchev–Trinajstić information content (AvgIpc) is 2.76. The first-order chi connectivity index (χ1) is 13.9. The molecule has 0 amide bonds. The van der Waals surface area contributed by atoms with E-state index in [-0.39, 0.29) is 34.1 Å². The van der Waals surface area contributed by atoms with Crippen LogP contribution in [0, 0.1) is 0 Å². The lowest BCUT2D eigenvalue weighted by Gasteiger charge is -2.26. The molecule has 0 saturated carbocycles. The quantitative estimate of drug-likeness (QED) is 0.355. The van der Waals surface area contributed by atoms with Crippen molar-refractivity contribution in [1.29, 1.82) is 0 Å². The summed E-state index contributed by atoms with van der Waals surface area (Å²) in [6.45, 7) is 0. The first-order valence-electron chi connectivity index (χ1n) is 8.42. The minimum atomic E-state index is -2.69. The first kappa shape index (κ1) is 22.3. The van der Waals surface area contributed by atoms with Gasteiger partial charge in [-0.1, -0.05) is 12.1 Å². The number of hydrogen-bond acceptors (Lipinski definition) is 8. The third kappa shape index (κ3) is 4.09. The molecule has 0 radical (unpaired) electrons. The van der Waals surface area contributed by atoms with Crippen LogP contribution in [-0.2, 0) is 4.57 Å². The van der Waals surface area contributed by atoms with Crippen molar-refractivity contribution in [3.8, 4) is 23.0 Å². The van der Waals surface area contributed by atoms with Crippen LogP contribution in [0.2, 0.25) is 0 Å². The molecule has 154 valence electrons. The molecule has 0 heterocycles. The lowest BCUT2D eigenvalue weighted by molar-refractivity contribution is 0.0363. The van der Waals surface area contributed by atoms with Gasteiger partial charge in [0.2, 0.25) is 17.2 Å². The molecule has 0 atom stereocenters. The highest BCUT2D eigenvalue weighted by molar-refractivity contribution is 7.24. The number of carbonyl (C=O) groups is 2. The zero-order chi connectivity index (χ0) is 21.6. The minimum Gasteiger partial charge on any atom is -0.496 e. The number of rotatable bonds is 10. The molecule has 0 bridgehead atoms. The summed E-state index contributed by atoms with van der Waals surface area (Å²) in [6.07, 6.45) is -0.687. The Morgan fingerprint density at radius 2 is 1.10 bits per heavy atom. The minimum absolute atomic E-state index is 0.0927. The molecule has 2 aromatic carbocycles. The van der Waals surface area contributed by atoms with E-state index < -0.39 is 31.8 Å². The Balaban J connectivity index is 2.72. The Bertz CT molecular complexity index is 813. The van der Waals surface area contributed by atoms with Crippen molar-refractivity contribution in [3.05, 3.63) is 47.5 Å². The zero-order valence-electron chi connectivity index (χ0n) is 16.4. The fourth-order valence-corrected chi connectivity index (χ4v) is 3.38. The number of methoxy groups -OCH3 is 4. The summed E-state index contributed by atoms with van der Waals surface area (Å²) in [7, 11) is 4.73. The maximum Gasteiger partial charge on any atom is 0.210 e. The van der Waals surface area contributed by atoms with Gasteiger partial charge in [-0.2, -0.15) is 0 Å². The van der Waals surface area contributed by atoms with E-state index in [2.05, 4.69) is 0 Å². The lowest BCUT2D eigenvalue weighted by atomic mass is 9.85. The van der Waals surface area contributed by atoms with E-state index in [0.29, 0.717) is 0 Å². The molecule has 0 fully saturated rings. The van der Waals surface area contributed by atoms with Gasteiger partial charge in [0.25, 0.3) is 0 Å². The molecule has 0 aromatic heterocycles. The van der Waals surface area contributed by atoms with Crippen LogP contribution >= 0.6 is 8.46 Å². The summed E-state index contributed by atoms with van der Waals surface area (Å²) in [4.78, 5) is 26.7. The van der Waals surface area contributed by atoms with Gasteiger partial charge >= 0.3 is 0 Å². The molecule has 1 N–H and O–H groups in total. The monoisotopic (exact) mass is 420 g/mol. The molecule has 0 aliphatic heterocycles. The predicted molar refractivity (Wildman–Crippen MR) is 105 cm³/mol. The summed E-state index contributed by atoms with van der Waals surface area (Å²) >= 11 is 0. The highest BCUT2D eigenvalue weighted by Gasteiger charge is 2.48. The van der Waals surface area contributed by atoms with Crippen LogP contribution in [0.5, 0.6) is 23.0 Å². The number of ketones is 2. The Morgan fingerprint density at radius 1 is 0.793 bits per heavy atom. The third-order valence-corrected chi connectivity index (χ3v) is 4.94. The molecule has 8 nitrogen and oxygen atoms in total. The molecule has 0 aliphatic carbocycles. The molecule has 0 unspecified atom stereocenters. The molecule has 0 aliphatic rings. The van der Waals surface area contributed by atoms with Gasteiger partial charge in [-0.3, -0.25) is 14.2 Å². The largest absolute Gasteiger partial charge is 0.496 e. The molecule has 29 heavy (non-hydrogen) atoms. The Kier molecular flexibility index (Phi) is 7.31. The normalized spacial score (nSPS) is 11.1. The standard InChI is InChI=1S/C20H21O8P/c1-25-12-7-5-8-13(26-2)16(12)18(21)20(23,11-29-24)19(22)17-14(27-3)9-6-10-15(17)28-4/h5-10,23H,11H2,1-4H3. The van der Waals surface area contributed by atoms with E-state index in [0.717, 1.165) is 0 Å². The fraction of sp³-hybridized carbons (Fsp3) is 0.300. The van der Waals surface area contributed by atoms with Crippen molar-refractivity contribution in [2.24, 2.45) is 0 Å². The van der Waals surface area contributed by atoms with Gasteiger partial charge in [-0.05, 0) is 24.3 Å². The second-order valence-electron chi connectivity index (χ2n) is 5.88. The third-order valence-electron chi connectivity index (χ3n) is 4.35. The van der Waals surface area contributed by atoms with Gasteiger partial charge in [0.15, 0.2) is 8.46 Å². The number of benzene rings is 2. The van der Waals surface area contributed by atoms with E-state index in [1.54, 1.807) is 12.1 Å². The van der Waals surface area contributed by atoms with E-state index >= 15 is 0 Å². The Labute approximate surface area is 169 Å². The molecule has 2 rings (SSSR count). The van der Waals surface area contributed by atoms with E-state index in [9.17, 15) is 19.3 Å². The van der Waals surface area contributed by atoms with Crippen molar-refractivity contribution in [2.75, 3.05) is 34.6 Å². The van der Waals surface area contributed by atoms with Crippen molar-refractivity contribution in [3.63, 3.8) is 0 Å². The van der Waals surface area contributed by atoms with Crippen LogP contribution in [-0.4, -0.2) is 56.9 Å². The SMILES string of the molecule is COc1cccc(OC)c1C(=O)C(O)(CP=O)C(=O)c1c(OC)cccc1OC. The first-order valence-corrected chi connectivity index (χ1v) is 9.42. The Morgan fingerprint density at radius 3 is 1.34 bits per heavy atom. The molecular formula is C20H21O8P. The van der Waals surface area contributed by atoms with Crippen LogP contribution in [0.3, 0.4) is 0 Å². The van der Waals surface area contributed by atoms with Gasteiger partial charge in [0, 0.05) is 0 Å². The second-order valence-corrected chi connectivity index (χ2v) is 6.46. The zero-order valence-corrected chi connectivity index (χ0v) is 17.3. The van der Waals surface area contributed by atoms with Crippen LogP contribution in [0.15, 0.2) is 36.4 Å². The lowest BCUT2D eigenvalue weighted by Crippen LogP contribution is -2.49. The molecule has 2 aromatic rings. The van der Waals surface area contributed by atoms with Crippen molar-refractivity contribution >= 4 is 20.0 Å². The van der Waals surface area contributed by atoms with E-state index in [1.165, 1.54) is 52.7 Å². The summed E-state index contributed by atoms with van der Waals surface area (Å²) in [5, 5.41) is 11.2. The number of ether oxygens (including phenoxy) is 4. The van der Waals surface area contributed by atoms with Gasteiger partial charge in [0.1, 0.15) is 34.1 Å². The maximum absolute atomic E-state index is 13.4.